The molecule has 0 bridgehead atoms. The zero-order valence-electron chi connectivity index (χ0n) is 11.4. The fraction of sp³-hybridized carbons (Fsp3) is 0.429. The van der Waals surface area contributed by atoms with E-state index in [4.69, 9.17) is 27.9 Å². The van der Waals surface area contributed by atoms with Gasteiger partial charge in [0.25, 0.3) is 0 Å². The van der Waals surface area contributed by atoms with E-state index in [1.54, 1.807) is 0 Å². The smallest absolute Gasteiger partial charge is 0.191 e. The molecule has 0 unspecified atom stereocenters. The van der Waals surface area contributed by atoms with Crippen molar-refractivity contribution >= 4 is 23.2 Å². The molecular weight excluding hydrogens is 307 g/mol. The minimum absolute atomic E-state index is 0.160. The first-order chi connectivity index (χ1) is 9.43. The SMILES string of the molecule is CC(C)CNCc1cc(F)c(OCC(Cl)=CCl)c(F)c1. The van der Waals surface area contributed by atoms with Crippen molar-refractivity contribution in [1.82, 2.24) is 5.32 Å². The molecule has 2 nitrogen and oxygen atoms in total. The van der Waals surface area contributed by atoms with Crippen LogP contribution in [0.2, 0.25) is 0 Å². The van der Waals surface area contributed by atoms with Gasteiger partial charge in [0.15, 0.2) is 17.4 Å². The predicted octanol–water partition coefficient (Wildman–Crippen LogP) is 4.41. The monoisotopic (exact) mass is 323 g/mol. The Bertz CT molecular complexity index is 455. The summed E-state index contributed by atoms with van der Waals surface area (Å²) in [5, 5.41) is 3.27. The molecule has 1 N–H and O–H groups in total. The van der Waals surface area contributed by atoms with Crippen molar-refractivity contribution in [3.05, 3.63) is 39.9 Å². The maximum absolute atomic E-state index is 13.8. The standard InChI is InChI=1S/C14H17Cl2F2NO/c1-9(2)6-19-7-10-3-12(17)14(13(18)4-10)20-8-11(16)5-15/h3-5,9,19H,6-8H2,1-2H3. The zero-order chi connectivity index (χ0) is 15.1. The predicted molar refractivity (Wildman–Crippen MR) is 78.2 cm³/mol. The third kappa shape index (κ3) is 5.65. The van der Waals surface area contributed by atoms with Gasteiger partial charge in [-0.15, -0.1) is 0 Å². The number of ether oxygens (including phenoxy) is 1. The Hall–Kier alpha value is -0.840. The maximum Gasteiger partial charge on any atom is 0.191 e. The van der Waals surface area contributed by atoms with Gasteiger partial charge in [0.2, 0.25) is 0 Å². The molecule has 0 aliphatic rings. The topological polar surface area (TPSA) is 21.3 Å². The molecule has 1 aromatic carbocycles. The Morgan fingerprint density at radius 1 is 1.35 bits per heavy atom. The lowest BCUT2D eigenvalue weighted by molar-refractivity contribution is 0.317. The minimum atomic E-state index is -0.759. The Balaban J connectivity index is 2.70. The molecule has 0 aliphatic carbocycles. The molecule has 0 spiro atoms. The maximum atomic E-state index is 13.8. The van der Waals surface area contributed by atoms with Crippen LogP contribution in [0, 0.1) is 17.6 Å². The molecule has 0 amide bonds. The van der Waals surface area contributed by atoms with Crippen LogP contribution in [0.3, 0.4) is 0 Å². The van der Waals surface area contributed by atoms with Crippen LogP contribution in [-0.2, 0) is 6.54 Å². The third-order valence-corrected chi connectivity index (χ3v) is 3.01. The molecule has 0 radical (unpaired) electrons. The third-order valence-electron chi connectivity index (χ3n) is 2.41. The molecule has 0 saturated heterocycles. The van der Waals surface area contributed by atoms with Gasteiger partial charge in [-0.25, -0.2) is 8.78 Å². The van der Waals surface area contributed by atoms with E-state index in [-0.39, 0.29) is 11.6 Å². The van der Waals surface area contributed by atoms with Crippen LogP contribution < -0.4 is 10.1 Å². The highest BCUT2D eigenvalue weighted by molar-refractivity contribution is 6.36. The quantitative estimate of drug-likeness (QED) is 0.802. The number of rotatable bonds is 7. The molecule has 0 heterocycles. The first-order valence-corrected chi connectivity index (χ1v) is 7.01. The molecule has 0 aliphatic heterocycles. The van der Waals surface area contributed by atoms with E-state index in [2.05, 4.69) is 19.2 Å². The van der Waals surface area contributed by atoms with Crippen LogP contribution in [0.1, 0.15) is 19.4 Å². The summed E-state index contributed by atoms with van der Waals surface area (Å²) in [6, 6.07) is 2.48. The summed E-state index contributed by atoms with van der Waals surface area (Å²) in [5.41, 5.74) is 1.61. The van der Waals surface area contributed by atoms with Crippen molar-refractivity contribution in [3.8, 4) is 5.75 Å². The number of hydrogen-bond donors (Lipinski definition) is 1. The molecule has 0 fully saturated rings. The first-order valence-electron chi connectivity index (χ1n) is 6.20. The van der Waals surface area contributed by atoms with Crippen LogP contribution in [0.15, 0.2) is 22.7 Å². The van der Waals surface area contributed by atoms with E-state index in [9.17, 15) is 8.78 Å². The molecule has 1 rings (SSSR count). The fourth-order valence-electron chi connectivity index (χ4n) is 1.53. The minimum Gasteiger partial charge on any atom is -0.482 e. The molecule has 112 valence electrons. The summed E-state index contributed by atoms with van der Waals surface area (Å²) in [6.07, 6.45) is 0. The van der Waals surface area contributed by atoms with Gasteiger partial charge >= 0.3 is 0 Å². The summed E-state index contributed by atoms with van der Waals surface area (Å²) in [7, 11) is 0. The molecule has 20 heavy (non-hydrogen) atoms. The van der Waals surface area contributed by atoms with Crippen molar-refractivity contribution in [2.45, 2.75) is 20.4 Å². The lowest BCUT2D eigenvalue weighted by Crippen LogP contribution is -2.19. The summed E-state index contributed by atoms with van der Waals surface area (Å²) >= 11 is 10.9. The van der Waals surface area contributed by atoms with Crippen LogP contribution in [-0.4, -0.2) is 13.2 Å². The van der Waals surface area contributed by atoms with E-state index in [0.29, 0.717) is 18.0 Å². The lowest BCUT2D eigenvalue weighted by atomic mass is 10.1. The van der Waals surface area contributed by atoms with Gasteiger partial charge < -0.3 is 10.1 Å². The highest BCUT2D eigenvalue weighted by atomic mass is 35.5. The van der Waals surface area contributed by atoms with Crippen molar-refractivity contribution < 1.29 is 13.5 Å². The lowest BCUT2D eigenvalue weighted by Gasteiger charge is -2.11. The van der Waals surface area contributed by atoms with E-state index in [0.717, 1.165) is 12.1 Å². The molecule has 0 aromatic heterocycles. The van der Waals surface area contributed by atoms with Crippen LogP contribution >= 0.6 is 23.2 Å². The van der Waals surface area contributed by atoms with Gasteiger partial charge in [0, 0.05) is 12.1 Å². The van der Waals surface area contributed by atoms with Crippen LogP contribution in [0.25, 0.3) is 0 Å². The molecule has 0 saturated carbocycles. The highest BCUT2D eigenvalue weighted by Gasteiger charge is 2.13. The molecular formula is C14H17Cl2F2NO. The number of nitrogens with one attached hydrogen (secondary N) is 1. The average Bonchev–Trinajstić information content (AvgIpc) is 2.37. The first kappa shape index (κ1) is 17.2. The van der Waals surface area contributed by atoms with E-state index in [1.807, 2.05) is 0 Å². The molecule has 1 aromatic rings. The number of hydrogen-bond acceptors (Lipinski definition) is 2. The van der Waals surface area contributed by atoms with E-state index >= 15 is 0 Å². The van der Waals surface area contributed by atoms with Crippen molar-refractivity contribution in [1.29, 1.82) is 0 Å². The van der Waals surface area contributed by atoms with Gasteiger partial charge in [-0.3, -0.25) is 0 Å². The Morgan fingerprint density at radius 2 is 1.95 bits per heavy atom. The van der Waals surface area contributed by atoms with Crippen molar-refractivity contribution in [3.63, 3.8) is 0 Å². The zero-order valence-corrected chi connectivity index (χ0v) is 12.9. The largest absolute Gasteiger partial charge is 0.482 e. The van der Waals surface area contributed by atoms with Gasteiger partial charge in [-0.1, -0.05) is 37.0 Å². The van der Waals surface area contributed by atoms with Crippen molar-refractivity contribution in [2.24, 2.45) is 5.92 Å². The second-order valence-corrected chi connectivity index (χ2v) is 5.46. The highest BCUT2D eigenvalue weighted by Crippen LogP contribution is 2.24. The number of benzene rings is 1. The summed E-state index contributed by atoms with van der Waals surface area (Å²) in [5.74, 6) is -1.50. The second-order valence-electron chi connectivity index (χ2n) is 4.76. The normalized spacial score (nSPS) is 12.1. The number of halogens is 4. The van der Waals surface area contributed by atoms with Crippen molar-refractivity contribution in [2.75, 3.05) is 13.2 Å². The summed E-state index contributed by atoms with van der Waals surface area (Å²) < 4.78 is 32.5. The van der Waals surface area contributed by atoms with Crippen LogP contribution in [0.4, 0.5) is 8.78 Å². The van der Waals surface area contributed by atoms with E-state index in [1.165, 1.54) is 12.1 Å². The Labute approximate surface area is 127 Å². The molecule has 0 atom stereocenters. The Kier molecular flexibility index (Phi) is 7.27. The van der Waals surface area contributed by atoms with Gasteiger partial charge in [0.1, 0.15) is 6.61 Å². The van der Waals surface area contributed by atoms with Gasteiger partial charge in [0.05, 0.1) is 5.03 Å². The summed E-state index contributed by atoms with van der Waals surface area (Å²) in [6.45, 7) is 5.11. The summed E-state index contributed by atoms with van der Waals surface area (Å²) in [4.78, 5) is 0. The van der Waals surface area contributed by atoms with E-state index < -0.39 is 17.4 Å². The van der Waals surface area contributed by atoms with Crippen LogP contribution in [0.5, 0.6) is 5.75 Å². The van der Waals surface area contributed by atoms with Gasteiger partial charge in [-0.05, 0) is 30.2 Å². The molecule has 6 heteroatoms. The Morgan fingerprint density at radius 3 is 2.45 bits per heavy atom. The fourth-order valence-corrected chi connectivity index (χ4v) is 1.65. The van der Waals surface area contributed by atoms with Gasteiger partial charge in [-0.2, -0.15) is 0 Å². The second kappa shape index (κ2) is 8.45. The average molecular weight is 324 g/mol.